The first kappa shape index (κ1) is 43.4. The summed E-state index contributed by atoms with van der Waals surface area (Å²) in [4.78, 5) is 2.52. The molecule has 0 spiro atoms. The summed E-state index contributed by atoms with van der Waals surface area (Å²) in [5.74, 6) is 0. The Balaban J connectivity index is 1.51. The zero-order valence-corrected chi connectivity index (χ0v) is 39.4. The van der Waals surface area contributed by atoms with Crippen LogP contribution in [0.2, 0.25) is 0 Å². The molecule has 0 saturated heterocycles. The molecule has 0 aliphatic carbocycles. The van der Waals surface area contributed by atoms with Crippen molar-refractivity contribution in [1.82, 2.24) is 0 Å². The minimum absolute atomic E-state index is 0.0718. The summed E-state index contributed by atoms with van der Waals surface area (Å²) in [6, 6.07) is 57.8. The molecule has 7 aromatic carbocycles. The first-order chi connectivity index (χ1) is 28.6. The first-order valence-electron chi connectivity index (χ1n) is 22.2. The third kappa shape index (κ3) is 9.63. The largest absolute Gasteiger partial charge is 0.310 e. The third-order valence-electron chi connectivity index (χ3n) is 12.4. The second-order valence-electron chi connectivity index (χ2n) is 21.4. The van der Waals surface area contributed by atoms with Crippen LogP contribution in [-0.4, -0.2) is 0 Å². The van der Waals surface area contributed by atoms with E-state index in [1.54, 1.807) is 0 Å². The van der Waals surface area contributed by atoms with Crippen LogP contribution in [0.15, 0.2) is 152 Å². The van der Waals surface area contributed by atoms with Crippen molar-refractivity contribution in [3.8, 4) is 44.5 Å². The molecule has 0 aliphatic rings. The van der Waals surface area contributed by atoms with Gasteiger partial charge in [-0.25, -0.2) is 0 Å². The summed E-state index contributed by atoms with van der Waals surface area (Å²) in [6.07, 6.45) is 0. The molecule has 312 valence electrons. The van der Waals surface area contributed by atoms with Gasteiger partial charge in [-0.2, -0.15) is 0 Å². The Bertz CT molecular complexity index is 2290. The molecule has 7 rings (SSSR count). The Morgan fingerprint density at radius 3 is 0.721 bits per heavy atom. The SMILES string of the molecule is Cc1cccc(C)c1N(c1cc(-c2ccc(C(C)(C)C)cc2)cc(-c2ccc(C(C)(C)C)cc2)c1)c1cc(-c2ccc(C(C)(C)C)cc2)cc(-c2ccc(C(C)(C)C)cc2)c1. The number of rotatable bonds is 7. The summed E-state index contributed by atoms with van der Waals surface area (Å²) in [6.45, 7) is 31.9. The van der Waals surface area contributed by atoms with E-state index in [-0.39, 0.29) is 21.7 Å². The number of aryl methyl sites for hydroxylation is 2. The number of hydrogen-bond donors (Lipinski definition) is 0. The molecule has 0 atom stereocenters. The molecule has 0 heterocycles. The van der Waals surface area contributed by atoms with E-state index >= 15 is 0 Å². The van der Waals surface area contributed by atoms with E-state index in [9.17, 15) is 0 Å². The summed E-state index contributed by atoms with van der Waals surface area (Å²) < 4.78 is 0. The van der Waals surface area contributed by atoms with Gasteiger partial charge in [-0.3, -0.25) is 0 Å². The summed E-state index contributed by atoms with van der Waals surface area (Å²) in [7, 11) is 0. The van der Waals surface area contributed by atoms with Crippen LogP contribution in [0.5, 0.6) is 0 Å². The van der Waals surface area contributed by atoms with Gasteiger partial charge < -0.3 is 4.90 Å². The number of hydrogen-bond acceptors (Lipinski definition) is 1. The quantitative estimate of drug-likeness (QED) is 0.155. The fourth-order valence-electron chi connectivity index (χ4n) is 8.36. The predicted octanol–water partition coefficient (Wildman–Crippen LogP) is 17.6. The molecule has 0 N–H and O–H groups in total. The fraction of sp³-hybridized carbons (Fsp3) is 0.300. The van der Waals surface area contributed by atoms with Crippen molar-refractivity contribution in [1.29, 1.82) is 0 Å². The van der Waals surface area contributed by atoms with Gasteiger partial charge in [-0.05, 0) is 150 Å². The van der Waals surface area contributed by atoms with Gasteiger partial charge >= 0.3 is 0 Å². The molecule has 0 fully saturated rings. The molecule has 7 aromatic rings. The maximum Gasteiger partial charge on any atom is 0.0519 e. The van der Waals surface area contributed by atoms with E-state index in [0.717, 1.165) is 11.4 Å². The van der Waals surface area contributed by atoms with Crippen molar-refractivity contribution < 1.29 is 0 Å². The van der Waals surface area contributed by atoms with Crippen LogP contribution in [0, 0.1) is 13.8 Å². The average molecular weight is 802 g/mol. The van der Waals surface area contributed by atoms with E-state index in [1.165, 1.54) is 83.6 Å². The molecular formula is C60H67N. The van der Waals surface area contributed by atoms with E-state index in [4.69, 9.17) is 0 Å². The van der Waals surface area contributed by atoms with Crippen LogP contribution in [0.25, 0.3) is 44.5 Å². The molecule has 0 radical (unpaired) electrons. The lowest BCUT2D eigenvalue weighted by atomic mass is 9.85. The lowest BCUT2D eigenvalue weighted by Crippen LogP contribution is -2.14. The molecule has 1 heteroatoms. The molecule has 0 aliphatic heterocycles. The Hall–Kier alpha value is -5.66. The molecule has 0 unspecified atom stereocenters. The van der Waals surface area contributed by atoms with Crippen LogP contribution in [0.1, 0.15) is 116 Å². The van der Waals surface area contributed by atoms with Gasteiger partial charge in [0.2, 0.25) is 0 Å². The number of nitrogens with zero attached hydrogens (tertiary/aromatic N) is 1. The minimum Gasteiger partial charge on any atom is -0.310 e. The first-order valence-corrected chi connectivity index (χ1v) is 22.2. The van der Waals surface area contributed by atoms with Crippen molar-refractivity contribution >= 4 is 17.1 Å². The molecule has 1 nitrogen and oxygen atoms in total. The average Bonchev–Trinajstić information content (AvgIpc) is 3.21. The second kappa shape index (κ2) is 16.3. The standard InChI is InChI=1S/C60H67N/c1-40-16-15-17-41(2)56(40)61(54-36-46(42-18-26-50(27-19-42)57(3,4)5)34-47(37-54)43-20-28-51(29-21-43)58(6,7)8)55-38-48(44-22-30-52(31-23-44)59(9,10)11)35-49(39-55)45-24-32-53(33-25-45)60(12,13)14/h15-39H,1-14H3. The van der Waals surface area contributed by atoms with Gasteiger partial charge in [0.15, 0.2) is 0 Å². The zero-order valence-electron chi connectivity index (χ0n) is 39.4. The maximum atomic E-state index is 2.52. The molecule has 0 amide bonds. The summed E-state index contributed by atoms with van der Waals surface area (Å²) >= 11 is 0. The lowest BCUT2D eigenvalue weighted by molar-refractivity contribution is 0.590. The summed E-state index contributed by atoms with van der Waals surface area (Å²) in [5.41, 5.74) is 21.1. The zero-order chi connectivity index (χ0) is 44.1. The van der Waals surface area contributed by atoms with Crippen LogP contribution < -0.4 is 4.90 Å². The Labute approximate surface area is 368 Å². The van der Waals surface area contributed by atoms with Crippen molar-refractivity contribution in [3.05, 3.63) is 185 Å². The number of anilines is 3. The highest BCUT2D eigenvalue weighted by atomic mass is 15.1. The maximum absolute atomic E-state index is 2.52. The highest BCUT2D eigenvalue weighted by molar-refractivity contribution is 5.90. The minimum atomic E-state index is 0.0718. The highest BCUT2D eigenvalue weighted by Crippen LogP contribution is 2.45. The van der Waals surface area contributed by atoms with Gasteiger partial charge in [0.1, 0.15) is 0 Å². The van der Waals surface area contributed by atoms with Crippen molar-refractivity contribution in [3.63, 3.8) is 0 Å². The van der Waals surface area contributed by atoms with Crippen molar-refractivity contribution in [2.75, 3.05) is 4.90 Å². The fourth-order valence-corrected chi connectivity index (χ4v) is 8.36. The highest BCUT2D eigenvalue weighted by Gasteiger charge is 2.23. The predicted molar refractivity (Wildman–Crippen MR) is 267 cm³/mol. The topological polar surface area (TPSA) is 3.24 Å². The van der Waals surface area contributed by atoms with Crippen LogP contribution in [0.3, 0.4) is 0 Å². The monoisotopic (exact) mass is 802 g/mol. The lowest BCUT2D eigenvalue weighted by Gasteiger charge is -2.31. The van der Waals surface area contributed by atoms with Crippen LogP contribution in [0.4, 0.5) is 17.1 Å². The van der Waals surface area contributed by atoms with Crippen LogP contribution >= 0.6 is 0 Å². The van der Waals surface area contributed by atoms with E-state index in [2.05, 4.69) is 253 Å². The normalized spacial score (nSPS) is 12.4. The molecule has 0 saturated carbocycles. The van der Waals surface area contributed by atoms with E-state index in [1.807, 2.05) is 0 Å². The Morgan fingerprint density at radius 2 is 0.508 bits per heavy atom. The van der Waals surface area contributed by atoms with Crippen molar-refractivity contribution in [2.24, 2.45) is 0 Å². The van der Waals surface area contributed by atoms with Crippen LogP contribution in [-0.2, 0) is 21.7 Å². The number of benzene rings is 7. The number of para-hydroxylation sites is 1. The van der Waals surface area contributed by atoms with Gasteiger partial charge in [0.25, 0.3) is 0 Å². The second-order valence-corrected chi connectivity index (χ2v) is 21.4. The molecule has 0 bridgehead atoms. The van der Waals surface area contributed by atoms with Gasteiger partial charge in [0, 0.05) is 11.4 Å². The van der Waals surface area contributed by atoms with E-state index < -0.39 is 0 Å². The van der Waals surface area contributed by atoms with E-state index in [0.29, 0.717) is 0 Å². The van der Waals surface area contributed by atoms with Crippen molar-refractivity contribution in [2.45, 2.75) is 119 Å². The van der Waals surface area contributed by atoms with Gasteiger partial charge in [-0.15, -0.1) is 0 Å². The third-order valence-corrected chi connectivity index (χ3v) is 12.4. The van der Waals surface area contributed by atoms with Gasteiger partial charge in [0.05, 0.1) is 5.69 Å². The Morgan fingerprint density at radius 1 is 0.279 bits per heavy atom. The molecule has 0 aromatic heterocycles. The summed E-state index contributed by atoms with van der Waals surface area (Å²) in [5, 5.41) is 0. The molecule has 61 heavy (non-hydrogen) atoms. The van der Waals surface area contributed by atoms with Gasteiger partial charge in [-0.1, -0.05) is 198 Å². The smallest absolute Gasteiger partial charge is 0.0519 e. The Kier molecular flexibility index (Phi) is 11.6. The molecular weight excluding hydrogens is 735 g/mol.